The van der Waals surface area contributed by atoms with Gasteiger partial charge in [0.25, 0.3) is 5.91 Å². The molecule has 1 rings (SSSR count). The molecule has 0 aromatic carbocycles. The first kappa shape index (κ1) is 14.6. The van der Waals surface area contributed by atoms with Gasteiger partial charge in [0.2, 0.25) is 0 Å². The predicted octanol–water partition coefficient (Wildman–Crippen LogP) is 3.39. The van der Waals surface area contributed by atoms with E-state index in [-0.39, 0.29) is 11.3 Å². The van der Waals surface area contributed by atoms with Crippen LogP contribution in [-0.4, -0.2) is 22.8 Å². The van der Waals surface area contributed by atoms with Crippen LogP contribution in [0.2, 0.25) is 0 Å². The predicted molar refractivity (Wildman–Crippen MR) is 76.5 cm³/mol. The Bertz CT molecular complexity index is 394. The van der Waals surface area contributed by atoms with Gasteiger partial charge in [-0.2, -0.15) is 0 Å². The number of carbonyl (C=O) groups is 1. The lowest BCUT2D eigenvalue weighted by Crippen LogP contribution is -2.34. The molecule has 0 aliphatic heterocycles. The molecule has 94 valence electrons. The third-order valence-corrected chi connectivity index (χ3v) is 3.30. The molecule has 1 amide bonds. The van der Waals surface area contributed by atoms with Gasteiger partial charge in [0, 0.05) is 28.7 Å². The van der Waals surface area contributed by atoms with Gasteiger partial charge in [-0.05, 0) is 33.8 Å². The lowest BCUT2D eigenvalue weighted by Gasteiger charge is -2.23. The molecule has 0 atom stereocenters. The number of amides is 1. The Morgan fingerprint density at radius 2 is 2.18 bits per heavy atom. The Morgan fingerprint density at radius 3 is 2.76 bits per heavy atom. The van der Waals surface area contributed by atoms with Crippen LogP contribution in [0, 0.1) is 5.41 Å². The van der Waals surface area contributed by atoms with E-state index < -0.39 is 0 Å². The molecule has 0 aliphatic carbocycles. The third kappa shape index (κ3) is 5.17. The highest BCUT2D eigenvalue weighted by molar-refractivity contribution is 9.10. The standard InChI is InChI=1S/C12H16Br2N2O/c1-12(2,3-4-13)8-16-11(17)9-5-10(14)7-15-6-9/h5-7H,3-4,8H2,1-2H3,(H,16,17). The van der Waals surface area contributed by atoms with Gasteiger partial charge in [-0.1, -0.05) is 29.8 Å². The van der Waals surface area contributed by atoms with Gasteiger partial charge >= 0.3 is 0 Å². The number of rotatable bonds is 5. The Balaban J connectivity index is 2.56. The highest BCUT2D eigenvalue weighted by Crippen LogP contribution is 2.20. The van der Waals surface area contributed by atoms with E-state index in [2.05, 4.69) is 56.0 Å². The van der Waals surface area contributed by atoms with E-state index >= 15 is 0 Å². The molecule has 5 heteroatoms. The highest BCUT2D eigenvalue weighted by Gasteiger charge is 2.18. The first-order chi connectivity index (χ1) is 7.94. The number of nitrogens with one attached hydrogen (secondary N) is 1. The minimum Gasteiger partial charge on any atom is -0.351 e. The van der Waals surface area contributed by atoms with Crippen LogP contribution in [0.25, 0.3) is 0 Å². The number of hydrogen-bond donors (Lipinski definition) is 1. The normalized spacial score (nSPS) is 11.3. The molecule has 0 aliphatic rings. The molecule has 17 heavy (non-hydrogen) atoms. The lowest BCUT2D eigenvalue weighted by atomic mass is 9.90. The van der Waals surface area contributed by atoms with Gasteiger partial charge in [-0.25, -0.2) is 0 Å². The summed E-state index contributed by atoms with van der Waals surface area (Å²) >= 11 is 6.71. The van der Waals surface area contributed by atoms with Gasteiger partial charge in [0.1, 0.15) is 0 Å². The Kier molecular flexibility index (Phi) is 5.59. The quantitative estimate of drug-likeness (QED) is 0.814. The molecule has 1 aromatic rings. The first-order valence-corrected chi connectivity index (χ1v) is 7.31. The lowest BCUT2D eigenvalue weighted by molar-refractivity contribution is 0.0935. The average Bonchev–Trinajstić information content (AvgIpc) is 2.26. The highest BCUT2D eigenvalue weighted by atomic mass is 79.9. The summed E-state index contributed by atoms with van der Waals surface area (Å²) < 4.78 is 0.810. The van der Waals surface area contributed by atoms with Crippen LogP contribution in [0.15, 0.2) is 22.9 Å². The zero-order chi connectivity index (χ0) is 12.9. The average molecular weight is 364 g/mol. The second-order valence-corrected chi connectivity index (χ2v) is 6.39. The maximum absolute atomic E-state index is 11.9. The van der Waals surface area contributed by atoms with Crippen molar-refractivity contribution in [1.82, 2.24) is 10.3 Å². The van der Waals surface area contributed by atoms with Crippen molar-refractivity contribution < 1.29 is 4.79 Å². The second-order valence-electron chi connectivity index (χ2n) is 4.68. The summed E-state index contributed by atoms with van der Waals surface area (Å²) in [5.41, 5.74) is 0.674. The van der Waals surface area contributed by atoms with E-state index in [1.54, 1.807) is 18.5 Å². The third-order valence-electron chi connectivity index (χ3n) is 2.47. The fraction of sp³-hybridized carbons (Fsp3) is 0.500. The van der Waals surface area contributed by atoms with Crippen molar-refractivity contribution in [3.63, 3.8) is 0 Å². The zero-order valence-electron chi connectivity index (χ0n) is 9.96. The molecule has 0 spiro atoms. The molecular formula is C12H16Br2N2O. The molecular weight excluding hydrogens is 348 g/mol. The maximum Gasteiger partial charge on any atom is 0.252 e. The summed E-state index contributed by atoms with van der Waals surface area (Å²) in [5, 5.41) is 3.87. The number of aromatic nitrogens is 1. The summed E-state index contributed by atoms with van der Waals surface area (Å²) in [6, 6.07) is 1.76. The minimum atomic E-state index is -0.0820. The van der Waals surface area contributed by atoms with Crippen molar-refractivity contribution in [3.8, 4) is 0 Å². The molecule has 0 fully saturated rings. The van der Waals surface area contributed by atoms with E-state index in [1.807, 2.05) is 0 Å². The molecule has 3 nitrogen and oxygen atoms in total. The monoisotopic (exact) mass is 362 g/mol. The molecule has 1 aromatic heterocycles. The van der Waals surface area contributed by atoms with Gasteiger partial charge in [0.15, 0.2) is 0 Å². The Labute approximate surface area is 119 Å². The van der Waals surface area contributed by atoms with Gasteiger partial charge < -0.3 is 5.32 Å². The Hall–Kier alpha value is -0.420. The number of halogens is 2. The van der Waals surface area contributed by atoms with E-state index in [4.69, 9.17) is 0 Å². The molecule has 0 saturated heterocycles. The van der Waals surface area contributed by atoms with Crippen LogP contribution in [0.1, 0.15) is 30.6 Å². The summed E-state index contributed by atoms with van der Waals surface area (Å²) in [4.78, 5) is 15.8. The van der Waals surface area contributed by atoms with Crippen molar-refractivity contribution in [1.29, 1.82) is 0 Å². The van der Waals surface area contributed by atoms with Crippen molar-refractivity contribution in [2.24, 2.45) is 5.41 Å². The van der Waals surface area contributed by atoms with Gasteiger partial charge in [-0.15, -0.1) is 0 Å². The van der Waals surface area contributed by atoms with E-state index in [0.717, 1.165) is 16.2 Å². The second kappa shape index (κ2) is 6.50. The molecule has 1 heterocycles. The summed E-state index contributed by atoms with van der Waals surface area (Å²) in [6.07, 6.45) is 4.24. The maximum atomic E-state index is 11.9. The summed E-state index contributed by atoms with van der Waals surface area (Å²) in [6.45, 7) is 4.92. The topological polar surface area (TPSA) is 42.0 Å². The van der Waals surface area contributed by atoms with Crippen molar-refractivity contribution in [3.05, 3.63) is 28.5 Å². The summed E-state index contributed by atoms with van der Waals surface area (Å²) in [5.74, 6) is -0.0820. The van der Waals surface area contributed by atoms with Crippen LogP contribution in [-0.2, 0) is 0 Å². The van der Waals surface area contributed by atoms with E-state index in [0.29, 0.717) is 12.1 Å². The van der Waals surface area contributed by atoms with Crippen LogP contribution in [0.5, 0.6) is 0 Å². The SMILES string of the molecule is CC(C)(CCBr)CNC(=O)c1cncc(Br)c1. The molecule has 0 bridgehead atoms. The number of alkyl halides is 1. The molecule has 0 radical (unpaired) electrons. The van der Waals surface area contributed by atoms with Crippen LogP contribution < -0.4 is 5.32 Å². The van der Waals surface area contributed by atoms with Gasteiger partial charge in [-0.3, -0.25) is 9.78 Å². The van der Waals surface area contributed by atoms with Crippen LogP contribution >= 0.6 is 31.9 Å². The molecule has 1 N–H and O–H groups in total. The number of pyridine rings is 1. The Morgan fingerprint density at radius 1 is 1.47 bits per heavy atom. The van der Waals surface area contributed by atoms with Crippen molar-refractivity contribution in [2.45, 2.75) is 20.3 Å². The van der Waals surface area contributed by atoms with Crippen molar-refractivity contribution >= 4 is 37.8 Å². The van der Waals surface area contributed by atoms with E-state index in [9.17, 15) is 4.79 Å². The van der Waals surface area contributed by atoms with Crippen molar-refractivity contribution in [2.75, 3.05) is 11.9 Å². The molecule has 0 saturated carbocycles. The number of nitrogens with zero attached hydrogens (tertiary/aromatic N) is 1. The summed E-state index contributed by atoms with van der Waals surface area (Å²) in [7, 11) is 0. The smallest absolute Gasteiger partial charge is 0.252 e. The number of hydrogen-bond acceptors (Lipinski definition) is 2. The van der Waals surface area contributed by atoms with E-state index in [1.165, 1.54) is 0 Å². The molecule has 0 unspecified atom stereocenters. The number of carbonyl (C=O) groups excluding carboxylic acids is 1. The zero-order valence-corrected chi connectivity index (χ0v) is 13.1. The van der Waals surface area contributed by atoms with Gasteiger partial charge in [0.05, 0.1) is 5.56 Å². The first-order valence-electron chi connectivity index (χ1n) is 5.39. The van der Waals surface area contributed by atoms with Crippen LogP contribution in [0.4, 0.5) is 0 Å². The fourth-order valence-corrected chi connectivity index (χ4v) is 2.74. The van der Waals surface area contributed by atoms with Crippen LogP contribution in [0.3, 0.4) is 0 Å². The fourth-order valence-electron chi connectivity index (χ4n) is 1.30. The largest absolute Gasteiger partial charge is 0.351 e. The minimum absolute atomic E-state index is 0.0820.